The number of hydrogen-bond acceptors (Lipinski definition) is 7. The zero-order valence-electron chi connectivity index (χ0n) is 18.6. The number of halogens is 3. The molecule has 1 N–H and O–H groups in total. The molecule has 0 spiro atoms. The van der Waals surface area contributed by atoms with Gasteiger partial charge < -0.3 is 19.0 Å². The maximum Gasteiger partial charge on any atom is 0.342 e. The Morgan fingerprint density at radius 3 is 2.50 bits per heavy atom. The van der Waals surface area contributed by atoms with Gasteiger partial charge in [-0.15, -0.1) is 10.2 Å². The second kappa shape index (κ2) is 11.7. The van der Waals surface area contributed by atoms with Crippen LogP contribution in [0.5, 0.6) is 11.5 Å². The second-order valence-corrected chi connectivity index (χ2v) is 9.48. The van der Waals surface area contributed by atoms with Gasteiger partial charge in [0.1, 0.15) is 23.0 Å². The monoisotopic (exact) mass is 562 g/mol. The zero-order chi connectivity index (χ0) is 25.7. The van der Waals surface area contributed by atoms with Gasteiger partial charge >= 0.3 is 5.97 Å². The molecule has 0 atom stereocenters. The van der Waals surface area contributed by atoms with Crippen molar-refractivity contribution in [3.05, 3.63) is 91.8 Å². The summed E-state index contributed by atoms with van der Waals surface area (Å²) in [6, 6.07) is 17.2. The lowest BCUT2D eigenvalue weighted by Crippen LogP contribution is -1.97. The minimum atomic E-state index is -1.14. The summed E-state index contributed by atoms with van der Waals surface area (Å²) in [6.45, 7) is 0.305. The molecule has 4 rings (SSSR count). The first-order valence-corrected chi connectivity index (χ1v) is 12.2. The maximum absolute atomic E-state index is 11.8. The molecule has 184 valence electrons. The molecule has 1 heterocycles. The van der Waals surface area contributed by atoms with Gasteiger partial charge in [-0.2, -0.15) is 0 Å². The number of nitrogens with zero attached hydrogens (tertiary/aromatic N) is 2. The standard InChI is InChI=1S/C25H17Cl3N2O5S/c1-33-21-9-5-16(26)12-18(21)23-29-30-25(35-23)36-22(24(31)32)11-14-2-6-17(7-3-14)34-13-15-4-8-19(27)20(28)10-15/h2-12H,13H2,1H3,(H,31,32)/b22-11-. The van der Waals surface area contributed by atoms with E-state index in [1.807, 2.05) is 6.07 Å². The summed E-state index contributed by atoms with van der Waals surface area (Å²) < 4.78 is 16.7. The smallest absolute Gasteiger partial charge is 0.342 e. The fraction of sp³-hybridized carbons (Fsp3) is 0.0800. The largest absolute Gasteiger partial charge is 0.496 e. The van der Waals surface area contributed by atoms with Crippen molar-refractivity contribution >= 4 is 58.6 Å². The predicted molar refractivity (Wildman–Crippen MR) is 140 cm³/mol. The van der Waals surface area contributed by atoms with Crippen LogP contribution >= 0.6 is 46.6 Å². The van der Waals surface area contributed by atoms with Crippen LogP contribution in [0.2, 0.25) is 15.1 Å². The summed E-state index contributed by atoms with van der Waals surface area (Å²) in [5, 5.41) is 19.1. The van der Waals surface area contributed by atoms with Crippen molar-refractivity contribution in [1.82, 2.24) is 10.2 Å². The van der Waals surface area contributed by atoms with E-state index < -0.39 is 5.97 Å². The average molecular weight is 564 g/mol. The highest BCUT2D eigenvalue weighted by molar-refractivity contribution is 8.03. The Balaban J connectivity index is 1.46. The van der Waals surface area contributed by atoms with E-state index in [0.29, 0.717) is 44.3 Å². The Morgan fingerprint density at radius 1 is 1.03 bits per heavy atom. The van der Waals surface area contributed by atoms with Crippen LogP contribution in [0.1, 0.15) is 11.1 Å². The van der Waals surface area contributed by atoms with Gasteiger partial charge in [0.25, 0.3) is 11.1 Å². The number of rotatable bonds is 9. The third-order valence-corrected chi connectivity index (χ3v) is 6.60. The molecule has 0 saturated heterocycles. The lowest BCUT2D eigenvalue weighted by Gasteiger charge is -2.08. The second-order valence-electron chi connectivity index (χ2n) is 7.24. The van der Waals surface area contributed by atoms with E-state index in [-0.39, 0.29) is 16.0 Å². The molecule has 0 fully saturated rings. The summed E-state index contributed by atoms with van der Waals surface area (Å²) in [7, 11) is 1.51. The topological polar surface area (TPSA) is 94.7 Å². The lowest BCUT2D eigenvalue weighted by molar-refractivity contribution is -0.131. The molecule has 4 aromatic rings. The van der Waals surface area contributed by atoms with E-state index in [1.54, 1.807) is 54.6 Å². The van der Waals surface area contributed by atoms with Crippen LogP contribution in [0.3, 0.4) is 0 Å². The number of thioether (sulfide) groups is 1. The van der Waals surface area contributed by atoms with Gasteiger partial charge in [0.05, 0.1) is 22.7 Å². The van der Waals surface area contributed by atoms with Crippen molar-refractivity contribution < 1.29 is 23.8 Å². The van der Waals surface area contributed by atoms with Crippen molar-refractivity contribution in [3.8, 4) is 23.0 Å². The van der Waals surface area contributed by atoms with Gasteiger partial charge in [-0.05, 0) is 71.4 Å². The molecule has 0 aliphatic rings. The van der Waals surface area contributed by atoms with Crippen molar-refractivity contribution in [2.75, 3.05) is 7.11 Å². The summed E-state index contributed by atoms with van der Waals surface area (Å²) in [5.74, 6) is 0.125. The quantitative estimate of drug-likeness (QED) is 0.165. The van der Waals surface area contributed by atoms with Gasteiger partial charge in [0, 0.05) is 5.02 Å². The first-order chi connectivity index (χ1) is 17.3. The van der Waals surface area contributed by atoms with Crippen molar-refractivity contribution in [2.45, 2.75) is 11.8 Å². The maximum atomic E-state index is 11.8. The molecule has 3 aromatic carbocycles. The molecule has 0 bridgehead atoms. The molecule has 1 aromatic heterocycles. The van der Waals surface area contributed by atoms with Gasteiger partial charge in [-0.1, -0.05) is 53.0 Å². The summed E-state index contributed by atoms with van der Waals surface area (Å²) in [5.41, 5.74) is 2.02. The van der Waals surface area contributed by atoms with Gasteiger partial charge in [0.2, 0.25) is 0 Å². The zero-order valence-corrected chi connectivity index (χ0v) is 21.7. The van der Waals surface area contributed by atoms with E-state index in [4.69, 9.17) is 48.7 Å². The number of methoxy groups -OCH3 is 1. The third-order valence-electron chi connectivity index (χ3n) is 4.77. The van der Waals surface area contributed by atoms with Crippen LogP contribution in [-0.2, 0) is 11.4 Å². The normalized spacial score (nSPS) is 11.4. The Bertz CT molecular complexity index is 1420. The first kappa shape index (κ1) is 25.9. The van der Waals surface area contributed by atoms with E-state index in [9.17, 15) is 9.90 Å². The molecule has 0 unspecified atom stereocenters. The fourth-order valence-electron chi connectivity index (χ4n) is 3.04. The highest BCUT2D eigenvalue weighted by Gasteiger charge is 2.18. The van der Waals surface area contributed by atoms with Crippen LogP contribution in [0.25, 0.3) is 17.5 Å². The highest BCUT2D eigenvalue weighted by atomic mass is 35.5. The molecule has 0 amide bonds. The van der Waals surface area contributed by atoms with Gasteiger partial charge in [-0.25, -0.2) is 4.79 Å². The SMILES string of the molecule is COc1ccc(Cl)cc1-c1nnc(S/C(=C\c2ccc(OCc3ccc(Cl)c(Cl)c3)cc2)C(=O)O)o1. The van der Waals surface area contributed by atoms with E-state index >= 15 is 0 Å². The molecular formula is C25H17Cl3N2O5S. The molecule has 0 radical (unpaired) electrons. The van der Waals surface area contributed by atoms with Crippen molar-refractivity contribution in [2.24, 2.45) is 0 Å². The van der Waals surface area contributed by atoms with Crippen molar-refractivity contribution in [1.29, 1.82) is 0 Å². The van der Waals surface area contributed by atoms with Crippen molar-refractivity contribution in [3.63, 3.8) is 0 Å². The lowest BCUT2D eigenvalue weighted by atomic mass is 10.2. The van der Waals surface area contributed by atoms with Gasteiger partial charge in [-0.3, -0.25) is 0 Å². The van der Waals surface area contributed by atoms with E-state index in [0.717, 1.165) is 17.3 Å². The molecule has 11 heteroatoms. The van der Waals surface area contributed by atoms with E-state index in [2.05, 4.69) is 10.2 Å². The molecule has 0 aliphatic heterocycles. The van der Waals surface area contributed by atoms with Crippen LogP contribution in [0.4, 0.5) is 0 Å². The number of carbonyl (C=O) groups is 1. The Hall–Kier alpha value is -3.17. The molecule has 0 saturated carbocycles. The minimum absolute atomic E-state index is 0.00673. The summed E-state index contributed by atoms with van der Waals surface area (Å²) in [4.78, 5) is 11.8. The highest BCUT2D eigenvalue weighted by Crippen LogP contribution is 2.35. The molecule has 36 heavy (non-hydrogen) atoms. The number of aliphatic carboxylic acids is 1. The number of ether oxygens (including phenoxy) is 2. The van der Waals surface area contributed by atoms with Crippen LogP contribution in [0.15, 0.2) is 75.2 Å². The minimum Gasteiger partial charge on any atom is -0.496 e. The average Bonchev–Trinajstić information content (AvgIpc) is 3.33. The van der Waals surface area contributed by atoms with Crippen LogP contribution in [-0.4, -0.2) is 28.4 Å². The summed E-state index contributed by atoms with van der Waals surface area (Å²) in [6.07, 6.45) is 1.50. The predicted octanol–water partition coefficient (Wildman–Crippen LogP) is 7.50. The Kier molecular flexibility index (Phi) is 8.43. The Labute approximate surface area is 225 Å². The Morgan fingerprint density at radius 2 is 1.81 bits per heavy atom. The number of carboxylic acid groups (broad SMARTS) is 1. The summed E-state index contributed by atoms with van der Waals surface area (Å²) >= 11 is 18.9. The third kappa shape index (κ3) is 6.53. The van der Waals surface area contributed by atoms with Crippen LogP contribution < -0.4 is 9.47 Å². The first-order valence-electron chi connectivity index (χ1n) is 10.3. The molecule has 0 aliphatic carbocycles. The number of hydrogen-bond donors (Lipinski definition) is 1. The van der Waals surface area contributed by atoms with E-state index in [1.165, 1.54) is 13.2 Å². The molecular weight excluding hydrogens is 547 g/mol. The fourth-order valence-corrected chi connectivity index (χ4v) is 4.21. The number of aromatic nitrogens is 2. The molecule has 7 nitrogen and oxygen atoms in total. The number of carboxylic acids is 1. The van der Waals surface area contributed by atoms with Crippen LogP contribution in [0, 0.1) is 0 Å². The number of benzene rings is 3. The van der Waals surface area contributed by atoms with Gasteiger partial charge in [0.15, 0.2) is 0 Å².